The fraction of sp³-hybridized carbons (Fsp3) is 1.00. The first kappa shape index (κ1) is 19.8. The van der Waals surface area contributed by atoms with E-state index in [2.05, 4.69) is 12.2 Å². The number of alkyl halides is 3. The topological polar surface area (TPSA) is 12.0 Å². The van der Waals surface area contributed by atoms with Gasteiger partial charge in [0.1, 0.15) is 0 Å². The molecule has 0 aliphatic carbocycles. The molecule has 122 valence electrons. The Morgan fingerprint density at radius 1 is 0.800 bits per heavy atom. The molecule has 4 heteroatoms. The Morgan fingerprint density at radius 3 is 1.95 bits per heavy atom. The quantitative estimate of drug-likeness (QED) is 0.421. The minimum Gasteiger partial charge on any atom is -0.314 e. The van der Waals surface area contributed by atoms with Crippen LogP contribution in [0, 0.1) is 0 Å². The number of hydrogen-bond donors (Lipinski definition) is 1. The molecule has 0 saturated heterocycles. The molecule has 0 fully saturated rings. The van der Waals surface area contributed by atoms with Crippen molar-refractivity contribution >= 4 is 0 Å². The van der Waals surface area contributed by atoms with Gasteiger partial charge in [0.25, 0.3) is 0 Å². The summed E-state index contributed by atoms with van der Waals surface area (Å²) in [5.74, 6) is 0. The highest BCUT2D eigenvalue weighted by molar-refractivity contribution is 4.69. The lowest BCUT2D eigenvalue weighted by atomic mass is 10.0. The normalized spacial score (nSPS) is 13.7. The Labute approximate surface area is 122 Å². The maximum atomic E-state index is 12.3. The zero-order valence-corrected chi connectivity index (χ0v) is 13.2. The molecular formula is C16H32F3N. The Balaban J connectivity index is 3.69. The van der Waals surface area contributed by atoms with Gasteiger partial charge in [0.05, 0.1) is 0 Å². The first-order valence-electron chi connectivity index (χ1n) is 8.29. The Kier molecular flexibility index (Phi) is 12.3. The average Bonchev–Trinajstić information content (AvgIpc) is 2.39. The molecular weight excluding hydrogens is 263 g/mol. The van der Waals surface area contributed by atoms with E-state index in [4.69, 9.17) is 0 Å². The zero-order chi connectivity index (χ0) is 15.3. The molecule has 0 spiro atoms. The minimum atomic E-state index is -4.02. The smallest absolute Gasteiger partial charge is 0.314 e. The fourth-order valence-electron chi connectivity index (χ4n) is 2.38. The van der Waals surface area contributed by atoms with Crippen molar-refractivity contribution in [3.05, 3.63) is 0 Å². The van der Waals surface area contributed by atoms with Crippen LogP contribution >= 0.6 is 0 Å². The van der Waals surface area contributed by atoms with Crippen molar-refractivity contribution in [2.45, 2.75) is 96.7 Å². The summed E-state index contributed by atoms with van der Waals surface area (Å²) in [5.41, 5.74) is 0. The summed E-state index contributed by atoms with van der Waals surface area (Å²) >= 11 is 0. The molecule has 0 amide bonds. The second kappa shape index (κ2) is 12.5. The summed E-state index contributed by atoms with van der Waals surface area (Å²) in [5, 5.41) is 3.25. The lowest BCUT2D eigenvalue weighted by Gasteiger charge is -2.19. The van der Waals surface area contributed by atoms with E-state index in [9.17, 15) is 13.2 Å². The van der Waals surface area contributed by atoms with E-state index >= 15 is 0 Å². The Hall–Kier alpha value is -0.250. The van der Waals surface area contributed by atoms with Gasteiger partial charge in [-0.1, -0.05) is 58.8 Å². The zero-order valence-electron chi connectivity index (χ0n) is 13.2. The van der Waals surface area contributed by atoms with E-state index in [-0.39, 0.29) is 12.5 Å². The maximum Gasteiger partial charge on any atom is 0.389 e. The predicted octanol–water partition coefficient (Wildman–Crippen LogP) is 5.84. The highest BCUT2D eigenvalue weighted by Crippen LogP contribution is 2.23. The first-order valence-corrected chi connectivity index (χ1v) is 8.29. The van der Waals surface area contributed by atoms with E-state index in [1.807, 2.05) is 6.92 Å². The molecule has 0 aromatic carbocycles. The van der Waals surface area contributed by atoms with Gasteiger partial charge in [-0.25, -0.2) is 0 Å². The van der Waals surface area contributed by atoms with Gasteiger partial charge in [0.2, 0.25) is 0 Å². The van der Waals surface area contributed by atoms with Crippen LogP contribution in [0.25, 0.3) is 0 Å². The number of unbranched alkanes of at least 4 members (excludes halogenated alkanes) is 6. The average molecular weight is 295 g/mol. The van der Waals surface area contributed by atoms with Gasteiger partial charge in [-0.15, -0.1) is 0 Å². The second-order valence-corrected chi connectivity index (χ2v) is 5.71. The summed E-state index contributed by atoms with van der Waals surface area (Å²) in [4.78, 5) is 0. The maximum absolute atomic E-state index is 12.3. The molecule has 0 radical (unpaired) electrons. The van der Waals surface area contributed by atoms with Crippen molar-refractivity contribution in [3.8, 4) is 0 Å². The molecule has 0 heterocycles. The van der Waals surface area contributed by atoms with Gasteiger partial charge in [-0.2, -0.15) is 13.2 Å². The molecule has 0 saturated carbocycles. The molecule has 1 unspecified atom stereocenters. The summed E-state index contributed by atoms with van der Waals surface area (Å²) in [7, 11) is 0. The van der Waals surface area contributed by atoms with Crippen LogP contribution in [0.4, 0.5) is 13.2 Å². The molecule has 20 heavy (non-hydrogen) atoms. The lowest BCUT2D eigenvalue weighted by molar-refractivity contribution is -0.136. The third-order valence-corrected chi connectivity index (χ3v) is 3.62. The van der Waals surface area contributed by atoms with Crippen LogP contribution in [0.15, 0.2) is 0 Å². The Morgan fingerprint density at radius 2 is 1.40 bits per heavy atom. The number of halogens is 3. The molecule has 1 atom stereocenters. The van der Waals surface area contributed by atoms with Crippen molar-refractivity contribution < 1.29 is 13.2 Å². The van der Waals surface area contributed by atoms with Crippen LogP contribution in [0.1, 0.15) is 84.5 Å². The van der Waals surface area contributed by atoms with E-state index in [1.54, 1.807) is 0 Å². The minimum absolute atomic E-state index is 0.0345. The van der Waals surface area contributed by atoms with Crippen LogP contribution in [0.2, 0.25) is 0 Å². The number of nitrogens with one attached hydrogen (secondary N) is 1. The number of rotatable bonds is 13. The predicted molar refractivity (Wildman–Crippen MR) is 80.0 cm³/mol. The van der Waals surface area contributed by atoms with Gasteiger partial charge >= 0.3 is 6.18 Å². The second-order valence-electron chi connectivity index (χ2n) is 5.71. The van der Waals surface area contributed by atoms with Gasteiger partial charge < -0.3 is 5.32 Å². The van der Waals surface area contributed by atoms with E-state index in [0.29, 0.717) is 0 Å². The van der Waals surface area contributed by atoms with Crippen molar-refractivity contribution in [3.63, 3.8) is 0 Å². The Bertz CT molecular complexity index is 204. The van der Waals surface area contributed by atoms with Crippen LogP contribution in [-0.2, 0) is 0 Å². The first-order chi connectivity index (χ1) is 9.49. The summed E-state index contributed by atoms with van der Waals surface area (Å²) in [6, 6.07) is 0.0345. The van der Waals surface area contributed by atoms with Crippen LogP contribution < -0.4 is 5.32 Å². The van der Waals surface area contributed by atoms with E-state index in [0.717, 1.165) is 32.2 Å². The van der Waals surface area contributed by atoms with Gasteiger partial charge in [-0.05, 0) is 25.8 Å². The van der Waals surface area contributed by atoms with Crippen LogP contribution in [0.3, 0.4) is 0 Å². The molecule has 0 aromatic heterocycles. The van der Waals surface area contributed by atoms with Crippen molar-refractivity contribution in [2.24, 2.45) is 0 Å². The SMILES string of the molecule is CCCCCCCCCC(CCC(F)(F)F)NCCC. The van der Waals surface area contributed by atoms with Gasteiger partial charge in [0.15, 0.2) is 0 Å². The highest BCUT2D eigenvalue weighted by atomic mass is 19.4. The molecule has 0 rings (SSSR count). The number of hydrogen-bond acceptors (Lipinski definition) is 1. The van der Waals surface area contributed by atoms with Crippen molar-refractivity contribution in [1.82, 2.24) is 5.32 Å². The molecule has 1 nitrogen and oxygen atoms in total. The lowest BCUT2D eigenvalue weighted by Crippen LogP contribution is -2.31. The summed E-state index contributed by atoms with van der Waals surface area (Å²) < 4.78 is 36.8. The molecule has 0 aromatic rings. The van der Waals surface area contributed by atoms with E-state index in [1.165, 1.54) is 32.1 Å². The fourth-order valence-corrected chi connectivity index (χ4v) is 2.38. The van der Waals surface area contributed by atoms with Crippen LogP contribution in [0.5, 0.6) is 0 Å². The highest BCUT2D eigenvalue weighted by Gasteiger charge is 2.27. The molecule has 0 bridgehead atoms. The van der Waals surface area contributed by atoms with E-state index < -0.39 is 12.6 Å². The summed E-state index contributed by atoms with van der Waals surface area (Å²) in [6.45, 7) is 5.06. The molecule has 1 N–H and O–H groups in total. The van der Waals surface area contributed by atoms with Crippen molar-refractivity contribution in [1.29, 1.82) is 0 Å². The monoisotopic (exact) mass is 295 g/mol. The van der Waals surface area contributed by atoms with Crippen molar-refractivity contribution in [2.75, 3.05) is 6.54 Å². The van der Waals surface area contributed by atoms with Gasteiger partial charge in [0, 0.05) is 12.5 Å². The largest absolute Gasteiger partial charge is 0.389 e. The van der Waals surface area contributed by atoms with Gasteiger partial charge in [-0.3, -0.25) is 0 Å². The molecule has 0 aliphatic heterocycles. The molecule has 0 aliphatic rings. The third kappa shape index (κ3) is 14.2. The van der Waals surface area contributed by atoms with Crippen LogP contribution in [-0.4, -0.2) is 18.8 Å². The third-order valence-electron chi connectivity index (χ3n) is 3.62. The standard InChI is InChI=1S/C16H32F3N/c1-3-5-6-7-8-9-10-11-15(20-14-4-2)12-13-16(17,18)19/h15,20H,3-14H2,1-2H3. The summed E-state index contributed by atoms with van der Waals surface area (Å²) in [6.07, 6.45) is 5.92.